The zero-order valence-corrected chi connectivity index (χ0v) is 8.92. The third-order valence-electron chi connectivity index (χ3n) is 2.05. The summed E-state index contributed by atoms with van der Waals surface area (Å²) in [5, 5.41) is 0. The van der Waals surface area contributed by atoms with Gasteiger partial charge in [-0.15, -0.1) is 0 Å². The first-order chi connectivity index (χ1) is 6.50. The van der Waals surface area contributed by atoms with Gasteiger partial charge >= 0.3 is 0 Å². The van der Waals surface area contributed by atoms with Crippen molar-refractivity contribution in [2.24, 2.45) is 5.73 Å². The molecule has 78 valence electrons. The van der Waals surface area contributed by atoms with Crippen LogP contribution in [0.15, 0.2) is 18.2 Å². The van der Waals surface area contributed by atoms with Crippen molar-refractivity contribution in [3.8, 4) is 0 Å². The van der Waals surface area contributed by atoms with Gasteiger partial charge in [0.2, 0.25) is 0 Å². The summed E-state index contributed by atoms with van der Waals surface area (Å²) in [5.41, 5.74) is 7.37. The zero-order chi connectivity index (χ0) is 10.7. The fraction of sp³-hybridized carbons (Fsp3) is 0.455. The minimum atomic E-state index is -0.191. The van der Waals surface area contributed by atoms with Crippen molar-refractivity contribution < 1.29 is 4.39 Å². The first kappa shape index (κ1) is 11.0. The van der Waals surface area contributed by atoms with Crippen molar-refractivity contribution in [3.63, 3.8) is 0 Å². The van der Waals surface area contributed by atoms with Crippen molar-refractivity contribution in [3.05, 3.63) is 29.6 Å². The Labute approximate surface area is 84.5 Å². The molecule has 1 unspecified atom stereocenters. The molecule has 1 aromatic rings. The molecule has 2 N–H and O–H groups in total. The van der Waals surface area contributed by atoms with E-state index in [2.05, 4.69) is 0 Å². The second kappa shape index (κ2) is 4.42. The maximum Gasteiger partial charge on any atom is 0.146 e. The SMILES string of the molecule is CC(N)Cc1ccc(F)c(N(C)C)c1. The highest BCUT2D eigenvalue weighted by Gasteiger charge is 2.06. The second-order valence-electron chi connectivity index (χ2n) is 3.86. The lowest BCUT2D eigenvalue weighted by atomic mass is 10.1. The van der Waals surface area contributed by atoms with Crippen LogP contribution in [-0.4, -0.2) is 20.1 Å². The average molecular weight is 196 g/mol. The molecule has 0 radical (unpaired) electrons. The highest BCUT2D eigenvalue weighted by molar-refractivity contribution is 5.48. The molecule has 14 heavy (non-hydrogen) atoms. The monoisotopic (exact) mass is 196 g/mol. The molecule has 0 aromatic heterocycles. The van der Waals surface area contributed by atoms with E-state index >= 15 is 0 Å². The number of nitrogens with two attached hydrogens (primary N) is 1. The number of benzene rings is 1. The van der Waals surface area contributed by atoms with Gasteiger partial charge < -0.3 is 10.6 Å². The molecule has 0 aliphatic carbocycles. The fourth-order valence-electron chi connectivity index (χ4n) is 1.40. The van der Waals surface area contributed by atoms with Gasteiger partial charge in [0.05, 0.1) is 5.69 Å². The van der Waals surface area contributed by atoms with Crippen LogP contribution in [0.25, 0.3) is 0 Å². The first-order valence-electron chi connectivity index (χ1n) is 4.72. The quantitative estimate of drug-likeness (QED) is 0.798. The molecule has 0 fully saturated rings. The number of rotatable bonds is 3. The average Bonchev–Trinajstić information content (AvgIpc) is 2.07. The third-order valence-corrected chi connectivity index (χ3v) is 2.05. The first-order valence-corrected chi connectivity index (χ1v) is 4.72. The van der Waals surface area contributed by atoms with Crippen molar-refractivity contribution in [2.75, 3.05) is 19.0 Å². The summed E-state index contributed by atoms with van der Waals surface area (Å²) in [6.45, 7) is 1.94. The van der Waals surface area contributed by atoms with Crippen LogP contribution in [0.5, 0.6) is 0 Å². The van der Waals surface area contributed by atoms with Crippen molar-refractivity contribution in [1.82, 2.24) is 0 Å². The maximum absolute atomic E-state index is 13.3. The van der Waals surface area contributed by atoms with Crippen LogP contribution in [0.4, 0.5) is 10.1 Å². The highest BCUT2D eigenvalue weighted by Crippen LogP contribution is 2.19. The Kier molecular flexibility index (Phi) is 3.47. The number of anilines is 1. The van der Waals surface area contributed by atoms with Crippen LogP contribution in [0.3, 0.4) is 0 Å². The smallest absolute Gasteiger partial charge is 0.146 e. The molecule has 3 heteroatoms. The largest absolute Gasteiger partial charge is 0.375 e. The summed E-state index contributed by atoms with van der Waals surface area (Å²) in [6, 6.07) is 5.23. The van der Waals surface area contributed by atoms with Gasteiger partial charge in [-0.05, 0) is 31.0 Å². The van der Waals surface area contributed by atoms with E-state index in [-0.39, 0.29) is 11.9 Å². The van der Waals surface area contributed by atoms with Crippen LogP contribution >= 0.6 is 0 Å². The molecule has 0 saturated heterocycles. The lowest BCUT2D eigenvalue weighted by Crippen LogP contribution is -2.18. The standard InChI is InChI=1S/C11H17FN2/c1-8(13)6-9-4-5-10(12)11(7-9)14(2)3/h4-5,7-8H,6,13H2,1-3H3. The van der Waals surface area contributed by atoms with E-state index < -0.39 is 0 Å². The summed E-state index contributed by atoms with van der Waals surface area (Å²) in [6.07, 6.45) is 0.779. The molecule has 0 aliphatic rings. The predicted octanol–water partition coefficient (Wildman–Crippen LogP) is 1.78. The van der Waals surface area contributed by atoms with Crippen molar-refractivity contribution in [1.29, 1.82) is 0 Å². The van der Waals surface area contributed by atoms with Gasteiger partial charge in [-0.3, -0.25) is 0 Å². The zero-order valence-electron chi connectivity index (χ0n) is 8.92. The van der Waals surface area contributed by atoms with Crippen LogP contribution in [0.2, 0.25) is 0 Å². The Hall–Kier alpha value is -1.09. The van der Waals surface area contributed by atoms with E-state index in [1.807, 2.05) is 27.1 Å². The van der Waals surface area contributed by atoms with Crippen LogP contribution in [0.1, 0.15) is 12.5 Å². The Bertz CT molecular complexity index is 308. The van der Waals surface area contributed by atoms with E-state index in [1.165, 1.54) is 6.07 Å². The van der Waals surface area contributed by atoms with Gasteiger partial charge in [-0.2, -0.15) is 0 Å². The number of nitrogens with zero attached hydrogens (tertiary/aromatic N) is 1. The van der Waals surface area contributed by atoms with Crippen LogP contribution < -0.4 is 10.6 Å². The molecule has 1 aromatic carbocycles. The van der Waals surface area contributed by atoms with E-state index in [4.69, 9.17) is 5.73 Å². The Morgan fingerprint density at radius 2 is 2.07 bits per heavy atom. The van der Waals surface area contributed by atoms with Gasteiger partial charge in [0.1, 0.15) is 5.82 Å². The summed E-state index contributed by atoms with van der Waals surface area (Å²) >= 11 is 0. The van der Waals surface area contributed by atoms with Crippen LogP contribution in [0, 0.1) is 5.82 Å². The molecule has 0 heterocycles. The highest BCUT2D eigenvalue weighted by atomic mass is 19.1. The molecule has 0 spiro atoms. The van der Waals surface area contributed by atoms with Gasteiger partial charge in [-0.1, -0.05) is 6.07 Å². The molecule has 2 nitrogen and oxygen atoms in total. The molecule has 1 rings (SSSR count). The number of hydrogen-bond acceptors (Lipinski definition) is 2. The molecular formula is C11H17FN2. The number of hydrogen-bond donors (Lipinski definition) is 1. The van der Waals surface area contributed by atoms with Crippen molar-refractivity contribution >= 4 is 5.69 Å². The second-order valence-corrected chi connectivity index (χ2v) is 3.86. The summed E-state index contributed by atoms with van der Waals surface area (Å²) in [5.74, 6) is -0.191. The van der Waals surface area contributed by atoms with E-state index in [9.17, 15) is 4.39 Å². The fourth-order valence-corrected chi connectivity index (χ4v) is 1.40. The molecule has 1 atom stereocenters. The van der Waals surface area contributed by atoms with Crippen LogP contribution in [-0.2, 0) is 6.42 Å². The summed E-state index contributed by atoms with van der Waals surface area (Å²) in [7, 11) is 3.65. The van der Waals surface area contributed by atoms with E-state index in [0.717, 1.165) is 12.0 Å². The van der Waals surface area contributed by atoms with Gasteiger partial charge in [0.25, 0.3) is 0 Å². The van der Waals surface area contributed by atoms with Gasteiger partial charge in [-0.25, -0.2) is 4.39 Å². The topological polar surface area (TPSA) is 29.3 Å². The minimum Gasteiger partial charge on any atom is -0.375 e. The van der Waals surface area contributed by atoms with E-state index in [0.29, 0.717) is 5.69 Å². The van der Waals surface area contributed by atoms with E-state index in [1.54, 1.807) is 11.0 Å². The Balaban J connectivity index is 2.94. The molecular weight excluding hydrogens is 179 g/mol. The van der Waals surface area contributed by atoms with Crippen molar-refractivity contribution in [2.45, 2.75) is 19.4 Å². The van der Waals surface area contributed by atoms with Gasteiger partial charge in [0.15, 0.2) is 0 Å². The minimum absolute atomic E-state index is 0.107. The Morgan fingerprint density at radius 1 is 1.43 bits per heavy atom. The normalized spacial score (nSPS) is 12.6. The summed E-state index contributed by atoms with van der Waals surface area (Å²) in [4.78, 5) is 1.76. The molecule has 0 aliphatic heterocycles. The lowest BCUT2D eigenvalue weighted by molar-refractivity contribution is 0.624. The molecule has 0 bridgehead atoms. The molecule has 0 amide bonds. The Morgan fingerprint density at radius 3 is 2.57 bits per heavy atom. The maximum atomic E-state index is 13.3. The summed E-state index contributed by atoms with van der Waals surface area (Å²) < 4.78 is 13.3. The van der Waals surface area contributed by atoms with Gasteiger partial charge in [0, 0.05) is 20.1 Å². The molecule has 0 saturated carbocycles. The number of halogens is 1. The predicted molar refractivity (Wildman–Crippen MR) is 58.1 cm³/mol. The third kappa shape index (κ3) is 2.70. The lowest BCUT2D eigenvalue weighted by Gasteiger charge is -2.15.